The van der Waals surface area contributed by atoms with Gasteiger partial charge in [0.25, 0.3) is 0 Å². The van der Waals surface area contributed by atoms with Crippen molar-refractivity contribution in [3.63, 3.8) is 0 Å². The Labute approximate surface area is 102 Å². The highest BCUT2D eigenvalue weighted by Crippen LogP contribution is 2.18. The molecule has 0 aliphatic carbocycles. The van der Waals surface area contributed by atoms with Crippen LogP contribution in [0.2, 0.25) is 0 Å². The van der Waals surface area contributed by atoms with E-state index in [-0.39, 0.29) is 5.91 Å². The van der Waals surface area contributed by atoms with Gasteiger partial charge in [-0.05, 0) is 24.5 Å². The third kappa shape index (κ3) is 4.72. The largest absolute Gasteiger partial charge is 0.496 e. The fraction of sp³-hybridized carbons (Fsp3) is 0.357. The lowest BCUT2D eigenvalue weighted by atomic mass is 10.1. The fourth-order valence-electron chi connectivity index (χ4n) is 1.56. The molecule has 17 heavy (non-hydrogen) atoms. The van der Waals surface area contributed by atoms with Crippen molar-refractivity contribution in [2.75, 3.05) is 13.7 Å². The van der Waals surface area contributed by atoms with Gasteiger partial charge in [-0.15, -0.1) is 6.58 Å². The van der Waals surface area contributed by atoms with Gasteiger partial charge in [0.15, 0.2) is 0 Å². The van der Waals surface area contributed by atoms with Gasteiger partial charge >= 0.3 is 0 Å². The molecule has 1 N–H and O–H groups in total. The normalized spacial score (nSPS) is 9.71. The average Bonchev–Trinajstić information content (AvgIpc) is 2.37. The maximum absolute atomic E-state index is 11.5. The number of carbonyl (C=O) groups is 1. The van der Waals surface area contributed by atoms with Gasteiger partial charge in [-0.2, -0.15) is 0 Å². The molecule has 0 saturated heterocycles. The standard InChI is InChI=1S/C14H19NO2/c1-3-4-11-15-14(16)10-9-12-7-5-6-8-13(12)17-2/h3,5-8H,1,4,9-11H2,2H3,(H,15,16). The van der Waals surface area contributed by atoms with Crippen LogP contribution in [0, 0.1) is 0 Å². The van der Waals surface area contributed by atoms with Crippen molar-refractivity contribution in [3.8, 4) is 5.75 Å². The lowest BCUT2D eigenvalue weighted by Crippen LogP contribution is -2.24. The van der Waals surface area contributed by atoms with Crippen molar-refractivity contribution in [2.24, 2.45) is 0 Å². The predicted molar refractivity (Wildman–Crippen MR) is 69.1 cm³/mol. The molecule has 0 atom stereocenters. The van der Waals surface area contributed by atoms with E-state index in [9.17, 15) is 4.79 Å². The SMILES string of the molecule is C=CCCNC(=O)CCc1ccccc1OC. The van der Waals surface area contributed by atoms with Crippen LogP contribution in [0.1, 0.15) is 18.4 Å². The van der Waals surface area contributed by atoms with Gasteiger partial charge < -0.3 is 10.1 Å². The van der Waals surface area contributed by atoms with E-state index in [4.69, 9.17) is 4.74 Å². The number of hydrogen-bond donors (Lipinski definition) is 1. The molecule has 0 unspecified atom stereocenters. The van der Waals surface area contributed by atoms with Crippen molar-refractivity contribution >= 4 is 5.91 Å². The summed E-state index contributed by atoms with van der Waals surface area (Å²) in [5.74, 6) is 0.907. The van der Waals surface area contributed by atoms with E-state index in [1.54, 1.807) is 13.2 Å². The van der Waals surface area contributed by atoms with E-state index >= 15 is 0 Å². The van der Waals surface area contributed by atoms with Crippen LogP contribution >= 0.6 is 0 Å². The number of amides is 1. The Balaban J connectivity index is 2.39. The van der Waals surface area contributed by atoms with E-state index in [0.717, 1.165) is 17.7 Å². The van der Waals surface area contributed by atoms with Gasteiger partial charge in [-0.1, -0.05) is 24.3 Å². The molecule has 0 bridgehead atoms. The van der Waals surface area contributed by atoms with Gasteiger partial charge in [-0.3, -0.25) is 4.79 Å². The molecule has 0 radical (unpaired) electrons. The van der Waals surface area contributed by atoms with Crippen molar-refractivity contribution in [3.05, 3.63) is 42.5 Å². The summed E-state index contributed by atoms with van der Waals surface area (Å²) in [5, 5.41) is 2.84. The number of nitrogens with one attached hydrogen (secondary N) is 1. The van der Waals surface area contributed by atoms with Crippen LogP contribution < -0.4 is 10.1 Å². The highest BCUT2D eigenvalue weighted by Gasteiger charge is 2.05. The number of benzene rings is 1. The molecule has 3 nitrogen and oxygen atoms in total. The summed E-state index contributed by atoms with van der Waals surface area (Å²) in [6, 6.07) is 7.76. The molecule has 0 spiro atoms. The quantitative estimate of drug-likeness (QED) is 0.580. The zero-order valence-corrected chi connectivity index (χ0v) is 10.2. The highest BCUT2D eigenvalue weighted by atomic mass is 16.5. The van der Waals surface area contributed by atoms with E-state index in [1.807, 2.05) is 24.3 Å². The number of methoxy groups -OCH3 is 1. The lowest BCUT2D eigenvalue weighted by molar-refractivity contribution is -0.121. The topological polar surface area (TPSA) is 38.3 Å². The second-order valence-electron chi connectivity index (χ2n) is 3.74. The molecular formula is C14H19NO2. The summed E-state index contributed by atoms with van der Waals surface area (Å²) in [6.45, 7) is 4.27. The van der Waals surface area contributed by atoms with Crippen molar-refractivity contribution in [2.45, 2.75) is 19.3 Å². The molecule has 0 fully saturated rings. The second kappa shape index (κ2) is 7.49. The molecule has 1 rings (SSSR count). The third-order valence-electron chi connectivity index (χ3n) is 2.48. The molecule has 0 aliphatic rings. The minimum atomic E-state index is 0.0674. The van der Waals surface area contributed by atoms with E-state index < -0.39 is 0 Å². The molecule has 1 amide bonds. The Hall–Kier alpha value is -1.77. The Bertz CT molecular complexity index is 374. The first kappa shape index (κ1) is 13.3. The van der Waals surface area contributed by atoms with Crippen LogP contribution in [-0.2, 0) is 11.2 Å². The minimum absolute atomic E-state index is 0.0674. The second-order valence-corrected chi connectivity index (χ2v) is 3.74. The minimum Gasteiger partial charge on any atom is -0.496 e. The predicted octanol–water partition coefficient (Wildman–Crippen LogP) is 2.32. The number of aryl methyl sites for hydroxylation is 1. The van der Waals surface area contributed by atoms with Crippen LogP contribution in [0.15, 0.2) is 36.9 Å². The Morgan fingerprint density at radius 3 is 2.94 bits per heavy atom. The summed E-state index contributed by atoms with van der Waals surface area (Å²) in [6.07, 6.45) is 3.78. The van der Waals surface area contributed by atoms with Gasteiger partial charge in [0.2, 0.25) is 5.91 Å². The first-order valence-electron chi connectivity index (χ1n) is 5.77. The first-order valence-corrected chi connectivity index (χ1v) is 5.77. The third-order valence-corrected chi connectivity index (χ3v) is 2.48. The molecule has 1 aromatic carbocycles. The van der Waals surface area contributed by atoms with Crippen LogP contribution in [0.5, 0.6) is 5.75 Å². The first-order chi connectivity index (χ1) is 8.27. The zero-order valence-electron chi connectivity index (χ0n) is 10.2. The number of hydrogen-bond acceptors (Lipinski definition) is 2. The zero-order chi connectivity index (χ0) is 12.5. The molecule has 1 aromatic rings. The maximum atomic E-state index is 11.5. The summed E-state index contributed by atoms with van der Waals surface area (Å²) in [5.41, 5.74) is 1.06. The number of carbonyl (C=O) groups excluding carboxylic acids is 1. The van der Waals surface area contributed by atoms with Gasteiger partial charge in [-0.25, -0.2) is 0 Å². The summed E-state index contributed by atoms with van der Waals surface area (Å²) in [7, 11) is 1.64. The maximum Gasteiger partial charge on any atom is 0.220 e. The van der Waals surface area contributed by atoms with E-state index in [2.05, 4.69) is 11.9 Å². The molecular weight excluding hydrogens is 214 g/mol. The average molecular weight is 233 g/mol. The fourth-order valence-corrected chi connectivity index (χ4v) is 1.56. The molecule has 3 heteroatoms. The molecule has 0 heterocycles. The highest BCUT2D eigenvalue weighted by molar-refractivity contribution is 5.76. The number of para-hydroxylation sites is 1. The molecule has 0 aromatic heterocycles. The van der Waals surface area contributed by atoms with Gasteiger partial charge in [0.1, 0.15) is 5.75 Å². The Kier molecular flexibility index (Phi) is 5.86. The Morgan fingerprint density at radius 2 is 2.24 bits per heavy atom. The smallest absolute Gasteiger partial charge is 0.220 e. The van der Waals surface area contributed by atoms with Crippen molar-refractivity contribution in [1.29, 1.82) is 0 Å². The Morgan fingerprint density at radius 1 is 1.47 bits per heavy atom. The summed E-state index contributed by atoms with van der Waals surface area (Å²) >= 11 is 0. The van der Waals surface area contributed by atoms with Crippen LogP contribution in [0.3, 0.4) is 0 Å². The van der Waals surface area contributed by atoms with E-state index in [1.165, 1.54) is 0 Å². The number of rotatable bonds is 7. The molecule has 0 aliphatic heterocycles. The summed E-state index contributed by atoms with van der Waals surface area (Å²) < 4.78 is 5.23. The lowest BCUT2D eigenvalue weighted by Gasteiger charge is -2.08. The monoisotopic (exact) mass is 233 g/mol. The van der Waals surface area contributed by atoms with Gasteiger partial charge in [0, 0.05) is 13.0 Å². The van der Waals surface area contributed by atoms with Crippen LogP contribution in [0.25, 0.3) is 0 Å². The van der Waals surface area contributed by atoms with Crippen molar-refractivity contribution < 1.29 is 9.53 Å². The van der Waals surface area contributed by atoms with Crippen molar-refractivity contribution in [1.82, 2.24) is 5.32 Å². The van der Waals surface area contributed by atoms with E-state index in [0.29, 0.717) is 19.4 Å². The van der Waals surface area contributed by atoms with Crippen LogP contribution in [-0.4, -0.2) is 19.6 Å². The summed E-state index contributed by atoms with van der Waals surface area (Å²) in [4.78, 5) is 11.5. The van der Waals surface area contributed by atoms with Crippen LogP contribution in [0.4, 0.5) is 0 Å². The number of ether oxygens (including phenoxy) is 1. The molecule has 92 valence electrons. The van der Waals surface area contributed by atoms with Gasteiger partial charge in [0.05, 0.1) is 7.11 Å². The molecule has 0 saturated carbocycles.